The Morgan fingerprint density at radius 2 is 1.65 bits per heavy atom. The van der Waals surface area contributed by atoms with Crippen LogP contribution in [-0.2, 0) is 13.0 Å². The molecule has 0 aromatic heterocycles. The predicted octanol–water partition coefficient (Wildman–Crippen LogP) is 5.51. The van der Waals surface area contributed by atoms with Gasteiger partial charge in [0.15, 0.2) is 5.11 Å². The van der Waals surface area contributed by atoms with Gasteiger partial charge in [0.1, 0.15) is 0 Å². The van der Waals surface area contributed by atoms with Gasteiger partial charge in [-0.25, -0.2) is 0 Å². The first-order valence-electron chi connectivity index (χ1n) is 6.85. The second kappa shape index (κ2) is 8.95. The van der Waals surface area contributed by atoms with Crippen LogP contribution < -0.4 is 10.6 Å². The Balaban J connectivity index is 1.75. The van der Waals surface area contributed by atoms with E-state index in [9.17, 15) is 0 Å². The van der Waals surface area contributed by atoms with Crippen molar-refractivity contribution in [1.29, 1.82) is 0 Å². The Hall–Kier alpha value is -0.710. The molecule has 2 rings (SSSR count). The lowest BCUT2D eigenvalue weighted by molar-refractivity contribution is 0.815. The second-order valence-electron chi connectivity index (χ2n) is 4.84. The normalized spacial score (nSPS) is 10.4. The highest BCUT2D eigenvalue weighted by molar-refractivity contribution is 7.80. The van der Waals surface area contributed by atoms with Gasteiger partial charge in [0.25, 0.3) is 0 Å². The minimum atomic E-state index is 0.536. The highest BCUT2D eigenvalue weighted by Gasteiger charge is 2.03. The highest BCUT2D eigenvalue weighted by Crippen LogP contribution is 2.22. The minimum Gasteiger partial charge on any atom is -0.362 e. The van der Waals surface area contributed by atoms with Gasteiger partial charge in [-0.15, -0.1) is 0 Å². The van der Waals surface area contributed by atoms with E-state index in [2.05, 4.69) is 10.6 Å². The molecule has 0 aliphatic rings. The highest BCUT2D eigenvalue weighted by atomic mass is 35.5. The molecule has 0 heterocycles. The van der Waals surface area contributed by atoms with E-state index in [1.54, 1.807) is 18.2 Å². The number of thiocarbonyl (C=S) groups is 1. The standard InChI is InChI=1S/C16H14Cl4N2S/c17-12-3-2-11(14(19)8-12)9-22-16(23)21-6-5-10-1-4-13(18)15(20)7-10/h1-4,7-8H,5-6,9H2,(H2,21,22,23). The molecule has 0 saturated carbocycles. The molecule has 0 spiro atoms. The summed E-state index contributed by atoms with van der Waals surface area (Å²) in [6.45, 7) is 1.23. The van der Waals surface area contributed by atoms with Crippen LogP contribution in [0, 0.1) is 0 Å². The molecule has 0 radical (unpaired) electrons. The van der Waals surface area contributed by atoms with Gasteiger partial charge in [0, 0.05) is 23.1 Å². The van der Waals surface area contributed by atoms with Crippen LogP contribution in [0.1, 0.15) is 11.1 Å². The van der Waals surface area contributed by atoms with E-state index in [0.717, 1.165) is 17.5 Å². The summed E-state index contributed by atoms with van der Waals surface area (Å²) in [4.78, 5) is 0. The topological polar surface area (TPSA) is 24.1 Å². The Morgan fingerprint density at radius 1 is 0.870 bits per heavy atom. The summed E-state index contributed by atoms with van der Waals surface area (Å²) in [6, 6.07) is 11.0. The third-order valence-corrected chi connectivity index (χ3v) is 4.75. The summed E-state index contributed by atoms with van der Waals surface area (Å²) in [5, 5.41) is 9.16. The van der Waals surface area contributed by atoms with Crippen LogP contribution in [0.5, 0.6) is 0 Å². The van der Waals surface area contributed by atoms with E-state index in [4.69, 9.17) is 58.6 Å². The van der Waals surface area contributed by atoms with Crippen LogP contribution in [0.2, 0.25) is 20.1 Å². The van der Waals surface area contributed by atoms with Gasteiger partial charge in [-0.3, -0.25) is 0 Å². The van der Waals surface area contributed by atoms with Crippen LogP contribution >= 0.6 is 58.6 Å². The van der Waals surface area contributed by atoms with Crippen molar-refractivity contribution >= 4 is 63.7 Å². The summed E-state index contributed by atoms with van der Waals surface area (Å²) >= 11 is 29.1. The molecule has 2 aromatic rings. The largest absolute Gasteiger partial charge is 0.362 e. The van der Waals surface area contributed by atoms with Crippen LogP contribution in [0.4, 0.5) is 0 Å². The third-order valence-electron chi connectivity index (χ3n) is 3.14. The lowest BCUT2D eigenvalue weighted by Gasteiger charge is -2.12. The minimum absolute atomic E-state index is 0.536. The monoisotopic (exact) mass is 406 g/mol. The number of rotatable bonds is 5. The molecule has 2 N–H and O–H groups in total. The van der Waals surface area contributed by atoms with E-state index in [-0.39, 0.29) is 0 Å². The van der Waals surface area contributed by atoms with Crippen LogP contribution in [-0.4, -0.2) is 11.7 Å². The van der Waals surface area contributed by atoms with Gasteiger partial charge in [0.2, 0.25) is 0 Å². The third kappa shape index (κ3) is 6.02. The van der Waals surface area contributed by atoms with Crippen molar-refractivity contribution in [2.75, 3.05) is 6.54 Å². The summed E-state index contributed by atoms with van der Waals surface area (Å²) in [6.07, 6.45) is 0.792. The molecule has 0 aliphatic heterocycles. The Labute approximate surface area is 161 Å². The van der Waals surface area contributed by atoms with Crippen molar-refractivity contribution in [1.82, 2.24) is 10.6 Å². The van der Waals surface area contributed by atoms with Gasteiger partial charge in [0.05, 0.1) is 10.0 Å². The van der Waals surface area contributed by atoms with Gasteiger partial charge >= 0.3 is 0 Å². The number of benzene rings is 2. The van der Waals surface area contributed by atoms with Crippen molar-refractivity contribution in [2.24, 2.45) is 0 Å². The quantitative estimate of drug-likeness (QED) is 0.639. The van der Waals surface area contributed by atoms with Crippen molar-refractivity contribution in [3.63, 3.8) is 0 Å². The molecule has 0 aliphatic carbocycles. The summed E-state index contributed by atoms with van der Waals surface area (Å²) < 4.78 is 0. The zero-order valence-corrected chi connectivity index (χ0v) is 15.8. The zero-order valence-electron chi connectivity index (χ0n) is 12.0. The molecule has 0 saturated heterocycles. The molecule has 0 fully saturated rings. The Morgan fingerprint density at radius 3 is 2.35 bits per heavy atom. The maximum Gasteiger partial charge on any atom is 0.166 e. The fourth-order valence-electron chi connectivity index (χ4n) is 1.92. The van der Waals surface area contributed by atoms with Gasteiger partial charge < -0.3 is 10.6 Å². The number of halogens is 4. The summed E-state index contributed by atoms with van der Waals surface area (Å²) in [5.41, 5.74) is 2.03. The average Bonchev–Trinajstić information content (AvgIpc) is 2.50. The molecular weight excluding hydrogens is 394 g/mol. The maximum absolute atomic E-state index is 6.11. The fourth-order valence-corrected chi connectivity index (χ4v) is 2.89. The maximum atomic E-state index is 6.11. The van der Waals surface area contributed by atoms with Gasteiger partial charge in [-0.1, -0.05) is 58.5 Å². The summed E-state index contributed by atoms with van der Waals surface area (Å²) in [5.74, 6) is 0. The fraction of sp³-hybridized carbons (Fsp3) is 0.188. The lowest BCUT2D eigenvalue weighted by atomic mass is 10.1. The van der Waals surface area contributed by atoms with Crippen molar-refractivity contribution in [3.05, 3.63) is 67.6 Å². The first-order chi connectivity index (χ1) is 11.0. The second-order valence-corrected chi connectivity index (χ2v) is 6.91. The number of nitrogens with one attached hydrogen (secondary N) is 2. The number of hydrogen-bond donors (Lipinski definition) is 2. The van der Waals surface area contributed by atoms with Crippen molar-refractivity contribution in [3.8, 4) is 0 Å². The van der Waals surface area contributed by atoms with Gasteiger partial charge in [-0.05, 0) is 54.0 Å². The molecule has 122 valence electrons. The van der Waals surface area contributed by atoms with Crippen LogP contribution in [0.25, 0.3) is 0 Å². The lowest BCUT2D eigenvalue weighted by Crippen LogP contribution is -2.35. The smallest absolute Gasteiger partial charge is 0.166 e. The molecule has 2 nitrogen and oxygen atoms in total. The SMILES string of the molecule is S=C(NCCc1ccc(Cl)c(Cl)c1)NCc1ccc(Cl)cc1Cl. The average molecular weight is 408 g/mol. The molecule has 0 amide bonds. The van der Waals surface area contributed by atoms with E-state index >= 15 is 0 Å². The first kappa shape index (κ1) is 18.6. The van der Waals surface area contributed by atoms with E-state index in [1.165, 1.54) is 0 Å². The van der Waals surface area contributed by atoms with Crippen molar-refractivity contribution < 1.29 is 0 Å². The first-order valence-corrected chi connectivity index (χ1v) is 8.77. The Bertz CT molecular complexity index is 706. The Kier molecular flexibility index (Phi) is 7.25. The van der Waals surface area contributed by atoms with Gasteiger partial charge in [-0.2, -0.15) is 0 Å². The zero-order chi connectivity index (χ0) is 16.8. The molecule has 0 atom stereocenters. The molecule has 7 heteroatoms. The number of hydrogen-bond acceptors (Lipinski definition) is 1. The van der Waals surface area contributed by atoms with Crippen LogP contribution in [0.3, 0.4) is 0 Å². The molecule has 2 aromatic carbocycles. The van der Waals surface area contributed by atoms with E-state index < -0.39 is 0 Å². The predicted molar refractivity (Wildman–Crippen MR) is 104 cm³/mol. The van der Waals surface area contributed by atoms with Crippen molar-refractivity contribution in [2.45, 2.75) is 13.0 Å². The van der Waals surface area contributed by atoms with Crippen LogP contribution in [0.15, 0.2) is 36.4 Å². The molecule has 0 bridgehead atoms. The van der Waals surface area contributed by atoms with E-state index in [0.29, 0.717) is 38.3 Å². The molecule has 23 heavy (non-hydrogen) atoms. The van der Waals surface area contributed by atoms with E-state index in [1.807, 2.05) is 18.2 Å². The summed E-state index contributed by atoms with van der Waals surface area (Å²) in [7, 11) is 0. The molecule has 0 unspecified atom stereocenters. The molecular formula is C16H14Cl4N2S.